The van der Waals surface area contributed by atoms with Gasteiger partial charge in [-0.15, -0.1) is 0 Å². The number of nitrogens with zero attached hydrogens (tertiary/aromatic N) is 3. The van der Waals surface area contributed by atoms with E-state index in [0.29, 0.717) is 17.7 Å². The summed E-state index contributed by atoms with van der Waals surface area (Å²) >= 11 is 0. The second-order valence-electron chi connectivity index (χ2n) is 15.0. The lowest BCUT2D eigenvalue weighted by Gasteiger charge is -2.16. The number of halogens is 2. The molecule has 3 atom stereocenters. The van der Waals surface area contributed by atoms with Crippen molar-refractivity contribution in [3.8, 4) is 0 Å². The molecule has 54 heavy (non-hydrogen) atoms. The van der Waals surface area contributed by atoms with Gasteiger partial charge in [-0.25, -0.2) is 8.78 Å². The Hall–Kier alpha value is -4.37. The Morgan fingerprint density at radius 3 is 1.35 bits per heavy atom. The Balaban J connectivity index is 0.000000405. The molecule has 0 aliphatic carbocycles. The van der Waals surface area contributed by atoms with Crippen molar-refractivity contribution in [2.75, 3.05) is 61.9 Å². The molecule has 0 bridgehead atoms. The Morgan fingerprint density at radius 1 is 0.537 bits per heavy atom. The van der Waals surface area contributed by atoms with Gasteiger partial charge in [0.1, 0.15) is 11.6 Å². The second kappa shape index (κ2) is 24.1. The molecular weight excluding hydrogens is 681 g/mol. The van der Waals surface area contributed by atoms with Crippen LogP contribution in [0, 0.1) is 36.3 Å². The molecular formula is C46H63F2N3O3. The third kappa shape index (κ3) is 18.6. The molecule has 0 saturated carbocycles. The number of hydrogen-bond donors (Lipinski definition) is 0. The zero-order valence-corrected chi connectivity index (χ0v) is 34.8. The van der Waals surface area contributed by atoms with Gasteiger partial charge < -0.3 is 14.7 Å². The molecule has 0 amide bonds. The second-order valence-corrected chi connectivity index (χ2v) is 15.0. The minimum atomic E-state index is -0.287. The summed E-state index contributed by atoms with van der Waals surface area (Å²) in [5.41, 5.74) is 6.09. The van der Waals surface area contributed by atoms with E-state index in [1.807, 2.05) is 109 Å². The molecule has 0 N–H and O–H groups in total. The summed E-state index contributed by atoms with van der Waals surface area (Å²) in [6, 6.07) is 20.5. The summed E-state index contributed by atoms with van der Waals surface area (Å²) in [7, 11) is 11.8. The molecule has 0 aliphatic heterocycles. The molecule has 0 saturated heterocycles. The number of ketones is 3. The smallest absolute Gasteiger partial charge is 0.162 e. The topological polar surface area (TPSA) is 60.9 Å². The highest BCUT2D eigenvalue weighted by atomic mass is 19.1. The van der Waals surface area contributed by atoms with E-state index in [9.17, 15) is 23.2 Å². The molecule has 294 valence electrons. The molecule has 0 spiro atoms. The number of carbonyl (C=O) groups excluding carboxylic acids is 3. The highest BCUT2D eigenvalue weighted by Gasteiger charge is 2.17. The first-order valence-electron chi connectivity index (χ1n) is 18.4. The van der Waals surface area contributed by atoms with Crippen molar-refractivity contribution in [3.63, 3.8) is 0 Å². The van der Waals surface area contributed by atoms with Crippen LogP contribution in [0.2, 0.25) is 0 Å². The quantitative estimate of drug-likeness (QED) is 0.145. The van der Waals surface area contributed by atoms with Crippen molar-refractivity contribution in [2.45, 2.75) is 48.5 Å². The summed E-state index contributed by atoms with van der Waals surface area (Å²) in [5, 5.41) is 0. The summed E-state index contributed by atoms with van der Waals surface area (Å²) in [6.45, 7) is 15.6. The number of benzene rings is 3. The summed E-state index contributed by atoms with van der Waals surface area (Å²) in [6.07, 6.45) is 5.52. The van der Waals surface area contributed by atoms with E-state index in [0.717, 1.165) is 35.4 Å². The minimum Gasteiger partial charge on any atom is -0.309 e. The molecule has 0 heterocycles. The maximum atomic E-state index is 13.0. The van der Waals surface area contributed by atoms with Crippen molar-refractivity contribution in [2.24, 2.45) is 17.8 Å². The Bertz CT molecular complexity index is 1740. The average Bonchev–Trinajstić information content (AvgIpc) is 3.08. The SMILES string of the molecule is CC(=Cc1ccc(F)cc1)C(=O)C(C)CN(C)C.CC(=Cc1cccc(F)c1)C(=O)C(C)CN(C)C.CC(=Cc1ccccc1C)C(=O)C(C)CN(C)C. The molecule has 0 aliphatic rings. The van der Waals surface area contributed by atoms with E-state index in [1.165, 1.54) is 29.8 Å². The highest BCUT2D eigenvalue weighted by Crippen LogP contribution is 2.16. The van der Waals surface area contributed by atoms with E-state index in [1.54, 1.807) is 50.3 Å². The van der Waals surface area contributed by atoms with E-state index >= 15 is 0 Å². The predicted octanol–water partition coefficient (Wildman–Crippen LogP) is 9.16. The molecule has 0 aromatic heterocycles. The normalized spacial score (nSPS) is 13.8. The Kier molecular flexibility index (Phi) is 21.3. The lowest BCUT2D eigenvalue weighted by molar-refractivity contribution is -0.119. The lowest BCUT2D eigenvalue weighted by atomic mass is 9.97. The zero-order chi connectivity index (χ0) is 41.1. The average molecular weight is 744 g/mol. The van der Waals surface area contributed by atoms with Crippen molar-refractivity contribution in [1.82, 2.24) is 14.7 Å². The van der Waals surface area contributed by atoms with Gasteiger partial charge in [0.25, 0.3) is 0 Å². The van der Waals surface area contributed by atoms with Crippen LogP contribution in [-0.4, -0.2) is 94.0 Å². The maximum absolute atomic E-state index is 13.0. The fourth-order valence-corrected chi connectivity index (χ4v) is 5.91. The number of aryl methyl sites for hydroxylation is 1. The number of allylic oxidation sites excluding steroid dienone is 3. The van der Waals surface area contributed by atoms with Crippen LogP contribution in [0.5, 0.6) is 0 Å². The molecule has 3 aromatic carbocycles. The van der Waals surface area contributed by atoms with Crippen molar-refractivity contribution < 1.29 is 23.2 Å². The molecule has 8 heteroatoms. The van der Waals surface area contributed by atoms with Crippen LogP contribution in [0.1, 0.15) is 63.8 Å². The van der Waals surface area contributed by atoms with Gasteiger partial charge in [0.05, 0.1) is 0 Å². The lowest BCUT2D eigenvalue weighted by Crippen LogP contribution is -2.26. The number of carbonyl (C=O) groups is 3. The fraction of sp³-hybridized carbons (Fsp3) is 0.413. The van der Waals surface area contributed by atoms with Crippen molar-refractivity contribution in [3.05, 3.63) is 123 Å². The van der Waals surface area contributed by atoms with Gasteiger partial charge in [-0.2, -0.15) is 0 Å². The maximum Gasteiger partial charge on any atom is 0.162 e. The largest absolute Gasteiger partial charge is 0.309 e. The van der Waals surface area contributed by atoms with Crippen LogP contribution in [0.4, 0.5) is 8.78 Å². The monoisotopic (exact) mass is 743 g/mol. The number of rotatable bonds is 15. The van der Waals surface area contributed by atoms with Crippen LogP contribution in [-0.2, 0) is 14.4 Å². The van der Waals surface area contributed by atoms with Gasteiger partial charge in [0.2, 0.25) is 0 Å². The summed E-state index contributed by atoms with van der Waals surface area (Å²) in [5.74, 6) is -0.128. The van der Waals surface area contributed by atoms with Gasteiger partial charge in [-0.1, -0.05) is 69.3 Å². The van der Waals surface area contributed by atoms with Gasteiger partial charge in [-0.05, 0) is 151 Å². The summed E-state index contributed by atoms with van der Waals surface area (Å²) < 4.78 is 25.8. The first-order chi connectivity index (χ1) is 25.2. The van der Waals surface area contributed by atoms with Crippen LogP contribution < -0.4 is 0 Å². The summed E-state index contributed by atoms with van der Waals surface area (Å²) in [4.78, 5) is 42.4. The van der Waals surface area contributed by atoms with Crippen LogP contribution in [0.3, 0.4) is 0 Å². The Labute approximate surface area is 324 Å². The number of hydrogen-bond acceptors (Lipinski definition) is 6. The fourth-order valence-electron chi connectivity index (χ4n) is 5.91. The van der Waals surface area contributed by atoms with Gasteiger partial charge >= 0.3 is 0 Å². The highest BCUT2D eigenvalue weighted by molar-refractivity contribution is 6.01. The van der Waals surface area contributed by atoms with Crippen LogP contribution in [0.15, 0.2) is 89.5 Å². The number of Topliss-reactive ketones (excluding diaryl/α,β-unsaturated/α-hetero) is 3. The van der Waals surface area contributed by atoms with Crippen LogP contribution in [0.25, 0.3) is 18.2 Å². The van der Waals surface area contributed by atoms with Crippen molar-refractivity contribution in [1.29, 1.82) is 0 Å². The van der Waals surface area contributed by atoms with Gasteiger partial charge in [0, 0.05) is 37.4 Å². The zero-order valence-electron chi connectivity index (χ0n) is 34.8. The molecule has 3 unspecified atom stereocenters. The van der Waals surface area contributed by atoms with Crippen molar-refractivity contribution >= 4 is 35.6 Å². The van der Waals surface area contributed by atoms with Gasteiger partial charge in [0.15, 0.2) is 17.3 Å². The first kappa shape index (κ1) is 47.7. The third-order valence-corrected chi connectivity index (χ3v) is 8.47. The van der Waals surface area contributed by atoms with E-state index in [-0.39, 0.29) is 46.7 Å². The standard InChI is InChI=1S/C16H23NO.2C15H20FNO/c1-12-8-6-7-9-15(12)10-13(2)16(18)14(3)11-17(4)5;1-11(15(18)12(2)10-17(3)4)9-13-5-7-14(16)8-6-13;1-11(15(18)12(2)10-17(3)4)8-13-6-5-7-14(16)9-13/h6-10,14H,11H2,1-5H3;2*5-9,12H,10H2,1-4H3. The molecule has 0 radical (unpaired) electrons. The van der Waals surface area contributed by atoms with E-state index in [4.69, 9.17) is 0 Å². The Morgan fingerprint density at radius 2 is 0.944 bits per heavy atom. The third-order valence-electron chi connectivity index (χ3n) is 8.47. The molecule has 3 aromatic rings. The molecule has 0 fully saturated rings. The van der Waals surface area contributed by atoms with E-state index < -0.39 is 0 Å². The molecule has 6 nitrogen and oxygen atoms in total. The van der Waals surface area contributed by atoms with Crippen LogP contribution >= 0.6 is 0 Å². The van der Waals surface area contributed by atoms with Gasteiger partial charge in [-0.3, -0.25) is 14.4 Å². The minimum absolute atomic E-state index is 0.0308. The molecule has 3 rings (SSSR count). The predicted molar refractivity (Wildman–Crippen MR) is 223 cm³/mol. The van der Waals surface area contributed by atoms with E-state index in [2.05, 4.69) is 13.0 Å². The first-order valence-corrected chi connectivity index (χ1v) is 18.4.